The number of para-hydroxylation sites is 1. The van der Waals surface area contributed by atoms with Gasteiger partial charge < -0.3 is 23.9 Å². The van der Waals surface area contributed by atoms with Gasteiger partial charge in [-0.2, -0.15) is 0 Å². The smallest absolute Gasteiger partial charge is 0.287 e. The number of carbonyl (C=O) groups excluding carboxylic acids is 1. The van der Waals surface area contributed by atoms with Crippen molar-refractivity contribution >= 4 is 5.91 Å². The molecule has 3 aromatic rings. The van der Waals surface area contributed by atoms with Gasteiger partial charge in [0.1, 0.15) is 29.6 Å². The van der Waals surface area contributed by atoms with Gasteiger partial charge in [-0.25, -0.2) is 0 Å². The summed E-state index contributed by atoms with van der Waals surface area (Å²) in [6, 6.07) is 16.3. The summed E-state index contributed by atoms with van der Waals surface area (Å²) in [4.78, 5) is 12.7. The van der Waals surface area contributed by atoms with Gasteiger partial charge in [0.15, 0.2) is 5.76 Å². The van der Waals surface area contributed by atoms with Crippen molar-refractivity contribution in [2.45, 2.75) is 26.0 Å². The predicted octanol–water partition coefficient (Wildman–Crippen LogP) is 5.10. The standard InChI is InChI=1S/C25H27NO5/c1-5-8-18-9-6-7-10-22(18)30-16-20-12-14-24(31-20)25(27)26-17(2)21-15-19(28-3)11-13-23(21)29-4/h5-7,9-15,17H,1,8,16H2,2-4H3,(H,26,27). The van der Waals surface area contributed by atoms with Crippen LogP contribution in [-0.4, -0.2) is 20.1 Å². The highest BCUT2D eigenvalue weighted by Crippen LogP contribution is 2.29. The van der Waals surface area contributed by atoms with Crippen LogP contribution in [0.4, 0.5) is 0 Å². The maximum absolute atomic E-state index is 12.7. The molecule has 31 heavy (non-hydrogen) atoms. The lowest BCUT2D eigenvalue weighted by atomic mass is 10.1. The number of nitrogens with one attached hydrogen (secondary N) is 1. The van der Waals surface area contributed by atoms with Crippen LogP contribution in [0.15, 0.2) is 71.7 Å². The number of rotatable bonds is 10. The Balaban J connectivity index is 1.65. The van der Waals surface area contributed by atoms with Crippen LogP contribution in [0.3, 0.4) is 0 Å². The summed E-state index contributed by atoms with van der Waals surface area (Å²) >= 11 is 0. The molecule has 0 aliphatic heterocycles. The first-order valence-corrected chi connectivity index (χ1v) is 9.98. The second kappa shape index (κ2) is 10.4. The first kappa shape index (κ1) is 22.0. The summed E-state index contributed by atoms with van der Waals surface area (Å²) in [5, 5.41) is 2.93. The molecule has 0 spiro atoms. The van der Waals surface area contributed by atoms with E-state index in [1.54, 1.807) is 26.4 Å². The highest BCUT2D eigenvalue weighted by Gasteiger charge is 2.18. The number of hydrogen-bond acceptors (Lipinski definition) is 5. The summed E-state index contributed by atoms with van der Waals surface area (Å²) in [6.07, 6.45) is 2.55. The third-order valence-electron chi connectivity index (χ3n) is 4.84. The Hall–Kier alpha value is -3.67. The van der Waals surface area contributed by atoms with Crippen LogP contribution in [0.1, 0.15) is 40.4 Å². The molecule has 1 aromatic heterocycles. The molecule has 1 N–H and O–H groups in total. The van der Waals surface area contributed by atoms with Crippen LogP contribution in [0.25, 0.3) is 0 Å². The van der Waals surface area contributed by atoms with Gasteiger partial charge in [0.2, 0.25) is 0 Å². The Labute approximate surface area is 182 Å². The number of carbonyl (C=O) groups is 1. The van der Waals surface area contributed by atoms with E-state index in [0.29, 0.717) is 23.7 Å². The molecule has 0 saturated heterocycles. The largest absolute Gasteiger partial charge is 0.497 e. The minimum Gasteiger partial charge on any atom is -0.497 e. The van der Waals surface area contributed by atoms with E-state index in [1.165, 1.54) is 0 Å². The molecule has 1 unspecified atom stereocenters. The molecule has 0 saturated carbocycles. The van der Waals surface area contributed by atoms with Crippen molar-refractivity contribution in [2.24, 2.45) is 0 Å². The van der Waals surface area contributed by atoms with E-state index < -0.39 is 0 Å². The zero-order chi connectivity index (χ0) is 22.2. The van der Waals surface area contributed by atoms with Gasteiger partial charge in [-0.3, -0.25) is 4.79 Å². The Bertz CT molecular complexity index is 1040. The van der Waals surface area contributed by atoms with Gasteiger partial charge >= 0.3 is 0 Å². The van der Waals surface area contributed by atoms with Crippen molar-refractivity contribution in [3.05, 3.63) is 89.9 Å². The fourth-order valence-corrected chi connectivity index (χ4v) is 3.22. The number of hydrogen-bond donors (Lipinski definition) is 1. The maximum atomic E-state index is 12.7. The normalized spacial score (nSPS) is 11.5. The molecule has 1 amide bonds. The van der Waals surface area contributed by atoms with Crippen LogP contribution in [0.2, 0.25) is 0 Å². The first-order valence-electron chi connectivity index (χ1n) is 9.98. The molecule has 2 aromatic carbocycles. The van der Waals surface area contributed by atoms with Crippen molar-refractivity contribution in [3.8, 4) is 17.2 Å². The summed E-state index contributed by atoms with van der Waals surface area (Å²) in [6.45, 7) is 5.87. The SMILES string of the molecule is C=CCc1ccccc1OCc1ccc(C(=O)NC(C)c2cc(OC)ccc2OC)o1. The van der Waals surface area contributed by atoms with Crippen molar-refractivity contribution in [2.75, 3.05) is 14.2 Å². The minimum absolute atomic E-state index is 0.215. The maximum Gasteiger partial charge on any atom is 0.287 e. The number of ether oxygens (including phenoxy) is 3. The fourth-order valence-electron chi connectivity index (χ4n) is 3.22. The van der Waals surface area contributed by atoms with Crippen molar-refractivity contribution in [1.82, 2.24) is 5.32 Å². The zero-order valence-electron chi connectivity index (χ0n) is 18.0. The second-order valence-corrected chi connectivity index (χ2v) is 6.96. The summed E-state index contributed by atoms with van der Waals surface area (Å²) in [5.41, 5.74) is 1.85. The number of furan rings is 1. The van der Waals surface area contributed by atoms with Crippen molar-refractivity contribution < 1.29 is 23.4 Å². The molecule has 0 aliphatic carbocycles. The van der Waals surface area contributed by atoms with E-state index in [-0.39, 0.29) is 24.3 Å². The molecule has 3 rings (SSSR count). The van der Waals surface area contributed by atoms with Gasteiger partial charge in [0.25, 0.3) is 5.91 Å². The Kier molecular flexibility index (Phi) is 7.38. The predicted molar refractivity (Wildman–Crippen MR) is 119 cm³/mol. The molecular formula is C25H27NO5. The molecule has 0 fully saturated rings. The monoisotopic (exact) mass is 421 g/mol. The molecule has 0 bridgehead atoms. The summed E-state index contributed by atoms with van der Waals surface area (Å²) < 4.78 is 22.2. The van der Waals surface area contributed by atoms with Crippen LogP contribution in [0.5, 0.6) is 17.2 Å². The van der Waals surface area contributed by atoms with Crippen molar-refractivity contribution in [3.63, 3.8) is 0 Å². The lowest BCUT2D eigenvalue weighted by molar-refractivity contribution is 0.0907. The number of methoxy groups -OCH3 is 2. The van der Waals surface area contributed by atoms with E-state index in [0.717, 1.165) is 16.9 Å². The average molecular weight is 421 g/mol. The topological polar surface area (TPSA) is 69.9 Å². The fraction of sp³-hybridized carbons (Fsp3) is 0.240. The molecule has 6 heteroatoms. The van der Waals surface area contributed by atoms with E-state index in [2.05, 4.69) is 11.9 Å². The van der Waals surface area contributed by atoms with Gasteiger partial charge in [0.05, 0.1) is 20.3 Å². The Morgan fingerprint density at radius 1 is 1.10 bits per heavy atom. The van der Waals surface area contributed by atoms with Crippen LogP contribution in [0, 0.1) is 0 Å². The number of amides is 1. The van der Waals surface area contributed by atoms with Crippen LogP contribution < -0.4 is 19.5 Å². The van der Waals surface area contributed by atoms with Crippen molar-refractivity contribution in [1.29, 1.82) is 0 Å². The lowest BCUT2D eigenvalue weighted by Gasteiger charge is -2.17. The second-order valence-electron chi connectivity index (χ2n) is 6.96. The Morgan fingerprint density at radius 2 is 1.90 bits per heavy atom. The quantitative estimate of drug-likeness (QED) is 0.462. The zero-order valence-corrected chi connectivity index (χ0v) is 18.0. The first-order chi connectivity index (χ1) is 15.0. The summed E-state index contributed by atoms with van der Waals surface area (Å²) in [7, 11) is 3.18. The molecule has 1 atom stereocenters. The molecule has 1 heterocycles. The van der Waals surface area contributed by atoms with Gasteiger partial charge in [0, 0.05) is 5.56 Å². The van der Waals surface area contributed by atoms with Gasteiger partial charge in [-0.05, 0) is 55.3 Å². The number of benzene rings is 2. The lowest BCUT2D eigenvalue weighted by Crippen LogP contribution is -2.26. The third-order valence-corrected chi connectivity index (χ3v) is 4.84. The van der Waals surface area contributed by atoms with Gasteiger partial charge in [-0.1, -0.05) is 24.3 Å². The highest BCUT2D eigenvalue weighted by molar-refractivity contribution is 5.91. The highest BCUT2D eigenvalue weighted by atomic mass is 16.5. The van der Waals surface area contributed by atoms with E-state index in [4.69, 9.17) is 18.6 Å². The molecule has 6 nitrogen and oxygen atoms in total. The van der Waals surface area contributed by atoms with E-state index in [9.17, 15) is 4.79 Å². The van der Waals surface area contributed by atoms with E-state index in [1.807, 2.05) is 55.5 Å². The third kappa shape index (κ3) is 5.48. The molecular weight excluding hydrogens is 394 g/mol. The molecule has 0 radical (unpaired) electrons. The average Bonchev–Trinajstić information content (AvgIpc) is 3.27. The minimum atomic E-state index is -0.323. The Morgan fingerprint density at radius 3 is 2.65 bits per heavy atom. The molecule has 162 valence electrons. The molecule has 0 aliphatic rings. The van der Waals surface area contributed by atoms with Gasteiger partial charge in [-0.15, -0.1) is 6.58 Å². The summed E-state index contributed by atoms with van der Waals surface area (Å²) in [5.74, 6) is 2.57. The van der Waals surface area contributed by atoms with Crippen LogP contribution >= 0.6 is 0 Å². The number of allylic oxidation sites excluding steroid dienone is 1. The van der Waals surface area contributed by atoms with E-state index >= 15 is 0 Å². The van der Waals surface area contributed by atoms with Crippen LogP contribution in [-0.2, 0) is 13.0 Å².